The first-order valence-corrected chi connectivity index (χ1v) is 19.9. The summed E-state index contributed by atoms with van der Waals surface area (Å²) >= 11 is 0. The molecule has 0 saturated heterocycles. The highest BCUT2D eigenvalue weighted by atomic mass is 14.7. The monoisotopic (exact) mass is 578 g/mol. The second kappa shape index (κ2) is 31.4. The van der Waals surface area contributed by atoms with E-state index < -0.39 is 0 Å². The molecule has 0 spiro atoms. The maximum absolute atomic E-state index is 7.32. The molecule has 0 saturated carbocycles. The van der Waals surface area contributed by atoms with Gasteiger partial charge in [-0.2, -0.15) is 0 Å². The van der Waals surface area contributed by atoms with E-state index in [1.54, 1.807) is 0 Å². The third-order valence-corrected chi connectivity index (χ3v) is 10.5. The van der Waals surface area contributed by atoms with Crippen LogP contribution < -0.4 is 5.73 Å². The van der Waals surface area contributed by atoms with Crippen molar-refractivity contribution in [1.29, 1.82) is 0 Å². The molecule has 0 aromatic carbocycles. The molecule has 0 fully saturated rings. The van der Waals surface area contributed by atoms with E-state index in [4.69, 9.17) is 5.73 Å². The summed E-state index contributed by atoms with van der Waals surface area (Å²) in [6.45, 7) is 11.8. The first-order chi connectivity index (χ1) is 20.1. The van der Waals surface area contributed by atoms with Crippen LogP contribution in [-0.4, -0.2) is 6.04 Å². The quantitative estimate of drug-likeness (QED) is 0.0756. The predicted octanol–water partition coefficient (Wildman–Crippen LogP) is 14.5. The molecule has 0 aliphatic rings. The molecular formula is C40H83N. The Kier molecular flexibility index (Phi) is 31.4. The maximum atomic E-state index is 7.32. The molecule has 2 atom stereocenters. The summed E-state index contributed by atoms with van der Waals surface area (Å²) in [6, 6.07) is 0.407. The van der Waals surface area contributed by atoms with E-state index in [0.717, 1.165) is 5.92 Å². The van der Waals surface area contributed by atoms with Crippen molar-refractivity contribution in [1.82, 2.24) is 0 Å². The minimum atomic E-state index is 0.389. The van der Waals surface area contributed by atoms with Crippen molar-refractivity contribution in [3.8, 4) is 0 Å². The number of rotatable bonds is 34. The van der Waals surface area contributed by atoms with Crippen molar-refractivity contribution in [2.75, 3.05) is 0 Å². The fourth-order valence-electron chi connectivity index (χ4n) is 7.58. The molecule has 248 valence electrons. The fraction of sp³-hybridized carbons (Fsp3) is 1.00. The first kappa shape index (κ1) is 41.0. The van der Waals surface area contributed by atoms with E-state index in [2.05, 4.69) is 34.6 Å². The highest BCUT2D eigenvalue weighted by Gasteiger charge is 2.41. The first-order valence-electron chi connectivity index (χ1n) is 19.9. The van der Waals surface area contributed by atoms with Crippen molar-refractivity contribution in [2.45, 2.75) is 246 Å². The summed E-state index contributed by atoms with van der Waals surface area (Å²) in [7, 11) is 0. The number of nitrogens with two attached hydrogens (primary N) is 1. The van der Waals surface area contributed by atoms with E-state index in [1.807, 2.05) is 0 Å². The van der Waals surface area contributed by atoms with Gasteiger partial charge in [0.1, 0.15) is 0 Å². The van der Waals surface area contributed by atoms with Gasteiger partial charge in [-0.15, -0.1) is 0 Å². The number of hydrogen-bond donors (Lipinski definition) is 1. The van der Waals surface area contributed by atoms with Gasteiger partial charge in [0, 0.05) is 6.04 Å². The number of hydrogen-bond acceptors (Lipinski definition) is 1. The van der Waals surface area contributed by atoms with Crippen LogP contribution in [0.2, 0.25) is 0 Å². The van der Waals surface area contributed by atoms with Crippen LogP contribution in [0.1, 0.15) is 240 Å². The molecule has 0 aliphatic heterocycles. The molecule has 41 heavy (non-hydrogen) atoms. The van der Waals surface area contributed by atoms with Crippen molar-refractivity contribution in [3.63, 3.8) is 0 Å². The van der Waals surface area contributed by atoms with Crippen LogP contribution >= 0.6 is 0 Å². The van der Waals surface area contributed by atoms with Crippen molar-refractivity contribution in [3.05, 3.63) is 0 Å². The molecule has 0 amide bonds. The topological polar surface area (TPSA) is 26.0 Å². The van der Waals surface area contributed by atoms with Gasteiger partial charge in [-0.05, 0) is 43.4 Å². The zero-order chi connectivity index (χ0) is 30.3. The van der Waals surface area contributed by atoms with Crippen LogP contribution in [0.25, 0.3) is 0 Å². The summed E-state index contributed by atoms with van der Waals surface area (Å²) in [5, 5.41) is 0. The lowest BCUT2D eigenvalue weighted by Gasteiger charge is -2.47. The highest BCUT2D eigenvalue weighted by molar-refractivity contribution is 4.94. The summed E-state index contributed by atoms with van der Waals surface area (Å²) in [4.78, 5) is 0. The molecule has 2 unspecified atom stereocenters. The lowest BCUT2D eigenvalue weighted by Crippen LogP contribution is -2.47. The van der Waals surface area contributed by atoms with E-state index >= 15 is 0 Å². The Labute approximate surface area is 262 Å². The maximum Gasteiger partial charge on any atom is 0.00982 e. The van der Waals surface area contributed by atoms with E-state index in [-0.39, 0.29) is 0 Å². The predicted molar refractivity (Wildman–Crippen MR) is 190 cm³/mol. The fourth-order valence-corrected chi connectivity index (χ4v) is 7.58. The summed E-state index contributed by atoms with van der Waals surface area (Å²) in [5.74, 6) is 0.845. The van der Waals surface area contributed by atoms with Crippen molar-refractivity contribution >= 4 is 0 Å². The summed E-state index contributed by atoms with van der Waals surface area (Å²) in [5.41, 5.74) is 7.71. The van der Waals surface area contributed by atoms with E-state index in [1.165, 1.54) is 205 Å². The van der Waals surface area contributed by atoms with E-state index in [0.29, 0.717) is 11.5 Å². The average molecular weight is 578 g/mol. The van der Waals surface area contributed by atoms with Crippen LogP contribution in [0, 0.1) is 11.3 Å². The van der Waals surface area contributed by atoms with Gasteiger partial charge < -0.3 is 5.73 Å². The summed E-state index contributed by atoms with van der Waals surface area (Å²) in [6.07, 6.45) is 45.2. The van der Waals surface area contributed by atoms with Gasteiger partial charge in [-0.1, -0.05) is 208 Å². The average Bonchev–Trinajstić information content (AvgIpc) is 2.98. The largest absolute Gasteiger partial charge is 0.327 e. The van der Waals surface area contributed by atoms with E-state index in [9.17, 15) is 0 Å². The smallest absolute Gasteiger partial charge is 0.00982 e. The Bertz CT molecular complexity index is 477. The molecule has 2 N–H and O–H groups in total. The lowest BCUT2D eigenvalue weighted by atomic mass is 9.60. The Hall–Kier alpha value is -0.0400. The zero-order valence-electron chi connectivity index (χ0n) is 29.9. The van der Waals surface area contributed by atoms with Gasteiger partial charge in [0.15, 0.2) is 0 Å². The van der Waals surface area contributed by atoms with Gasteiger partial charge in [0.05, 0.1) is 0 Å². The Morgan fingerprint density at radius 3 is 1.00 bits per heavy atom. The molecule has 0 heterocycles. The van der Waals surface area contributed by atoms with Crippen LogP contribution in [0.5, 0.6) is 0 Å². The molecule has 0 aromatic heterocycles. The molecule has 0 aliphatic carbocycles. The number of unbranched alkanes of at least 4 members (excludes halogenated alkanes) is 22. The minimum Gasteiger partial charge on any atom is -0.327 e. The SMILES string of the molecule is CCCCCCCCCCCCCCCCC(CCCC)C(CCCC)(CCCC)C(N)CCCCCCCCC. The zero-order valence-corrected chi connectivity index (χ0v) is 29.9. The molecule has 1 heteroatoms. The lowest BCUT2D eigenvalue weighted by molar-refractivity contribution is 0.0610. The standard InChI is InChI=1S/C40H83N/c1-6-11-16-18-20-21-22-23-24-25-26-28-29-31-34-38(33-13-8-3)40(36-14-9-4,37-15-10-5)39(41)35-32-30-27-19-17-12-7-2/h38-39H,6-37,41H2,1-5H3. The Balaban J connectivity index is 4.76. The van der Waals surface area contributed by atoms with Gasteiger partial charge in [0.25, 0.3) is 0 Å². The van der Waals surface area contributed by atoms with Crippen LogP contribution in [0.4, 0.5) is 0 Å². The van der Waals surface area contributed by atoms with Crippen LogP contribution in [0.15, 0.2) is 0 Å². The van der Waals surface area contributed by atoms with Gasteiger partial charge >= 0.3 is 0 Å². The second-order valence-corrected chi connectivity index (χ2v) is 14.2. The Morgan fingerprint density at radius 2 is 0.634 bits per heavy atom. The molecule has 1 nitrogen and oxygen atoms in total. The van der Waals surface area contributed by atoms with Crippen molar-refractivity contribution < 1.29 is 0 Å². The Morgan fingerprint density at radius 1 is 0.341 bits per heavy atom. The molecule has 0 rings (SSSR count). The molecular weight excluding hydrogens is 494 g/mol. The summed E-state index contributed by atoms with van der Waals surface area (Å²) < 4.78 is 0. The minimum absolute atomic E-state index is 0.389. The third-order valence-electron chi connectivity index (χ3n) is 10.5. The van der Waals surface area contributed by atoms with Gasteiger partial charge in [0.2, 0.25) is 0 Å². The normalized spacial score (nSPS) is 13.6. The molecule has 0 radical (unpaired) electrons. The van der Waals surface area contributed by atoms with Crippen LogP contribution in [0.3, 0.4) is 0 Å². The molecule has 0 aromatic rings. The van der Waals surface area contributed by atoms with Crippen molar-refractivity contribution in [2.24, 2.45) is 17.1 Å². The highest BCUT2D eigenvalue weighted by Crippen LogP contribution is 2.47. The molecule has 0 bridgehead atoms. The van der Waals surface area contributed by atoms with Crippen LogP contribution in [-0.2, 0) is 0 Å². The third kappa shape index (κ3) is 22.2. The van der Waals surface area contributed by atoms with Gasteiger partial charge in [-0.25, -0.2) is 0 Å². The second-order valence-electron chi connectivity index (χ2n) is 14.2. The van der Waals surface area contributed by atoms with Gasteiger partial charge in [-0.3, -0.25) is 0 Å².